The van der Waals surface area contributed by atoms with Gasteiger partial charge >= 0.3 is 0 Å². The van der Waals surface area contributed by atoms with Crippen LogP contribution in [0.5, 0.6) is 0 Å². The van der Waals surface area contributed by atoms with E-state index in [2.05, 4.69) is 23.2 Å². The van der Waals surface area contributed by atoms with E-state index in [4.69, 9.17) is 4.74 Å². The van der Waals surface area contributed by atoms with Gasteiger partial charge in [0.05, 0.1) is 5.94 Å². The molecule has 1 N–H and O–H groups in total. The van der Waals surface area contributed by atoms with Crippen LogP contribution in [0.2, 0.25) is 0 Å². The van der Waals surface area contributed by atoms with Crippen molar-refractivity contribution in [2.75, 3.05) is 12.5 Å². The molecule has 74 valence electrons. The number of benzene rings is 1. The Morgan fingerprint density at radius 1 is 1.36 bits per heavy atom. The van der Waals surface area contributed by atoms with Gasteiger partial charge < -0.3 is 9.72 Å². The zero-order valence-electron chi connectivity index (χ0n) is 8.12. The highest BCUT2D eigenvalue weighted by Crippen LogP contribution is 2.27. The molecule has 0 aliphatic heterocycles. The molecule has 2 aromatic rings. The highest BCUT2D eigenvalue weighted by Gasteiger charge is 2.02. The van der Waals surface area contributed by atoms with Crippen molar-refractivity contribution >= 4 is 22.7 Å². The van der Waals surface area contributed by atoms with Gasteiger partial charge in [0.1, 0.15) is 0 Å². The monoisotopic (exact) mass is 207 g/mol. The van der Waals surface area contributed by atoms with Gasteiger partial charge in [-0.25, -0.2) is 0 Å². The molecular formula is C11H13NOS. The van der Waals surface area contributed by atoms with Crippen molar-refractivity contribution in [3.63, 3.8) is 0 Å². The highest BCUT2D eigenvalue weighted by molar-refractivity contribution is 7.99. The predicted octanol–water partition coefficient (Wildman–Crippen LogP) is 3.25. The molecule has 0 atom stereocenters. The van der Waals surface area contributed by atoms with Crippen molar-refractivity contribution in [1.82, 2.24) is 4.98 Å². The second kappa shape index (κ2) is 4.53. The molecule has 1 heterocycles. The number of nitrogens with one attached hydrogen (secondary N) is 1. The molecular weight excluding hydrogens is 194 g/mol. The summed E-state index contributed by atoms with van der Waals surface area (Å²) in [6.07, 6.45) is 2.04. The Hall–Kier alpha value is -0.930. The summed E-state index contributed by atoms with van der Waals surface area (Å²) >= 11 is 1.73. The van der Waals surface area contributed by atoms with Gasteiger partial charge in [-0.15, -0.1) is 0 Å². The Labute approximate surface area is 87.7 Å². The van der Waals surface area contributed by atoms with E-state index in [1.54, 1.807) is 11.8 Å². The number of fused-ring (bicyclic) bond motifs is 1. The van der Waals surface area contributed by atoms with Crippen LogP contribution in [0.15, 0.2) is 35.4 Å². The van der Waals surface area contributed by atoms with Crippen LogP contribution in [0.3, 0.4) is 0 Å². The summed E-state index contributed by atoms with van der Waals surface area (Å²) in [5, 5.41) is 1.28. The smallest absolute Gasteiger partial charge is 0.0967 e. The maximum absolute atomic E-state index is 5.30. The SMILES string of the molecule is CCOCSc1c[nH]c2ccccc12. The van der Waals surface area contributed by atoms with Crippen LogP contribution in [0.25, 0.3) is 10.9 Å². The summed E-state index contributed by atoms with van der Waals surface area (Å²) in [5.41, 5.74) is 1.19. The summed E-state index contributed by atoms with van der Waals surface area (Å²) in [6, 6.07) is 8.30. The largest absolute Gasteiger partial charge is 0.371 e. The van der Waals surface area contributed by atoms with Crippen LogP contribution in [0.4, 0.5) is 0 Å². The van der Waals surface area contributed by atoms with Crippen molar-refractivity contribution < 1.29 is 4.74 Å². The fourth-order valence-electron chi connectivity index (χ4n) is 1.35. The quantitative estimate of drug-likeness (QED) is 0.473. The summed E-state index contributed by atoms with van der Waals surface area (Å²) in [6.45, 7) is 2.78. The summed E-state index contributed by atoms with van der Waals surface area (Å²) in [7, 11) is 0. The lowest BCUT2D eigenvalue weighted by Gasteiger charge is -1.99. The molecule has 1 aromatic carbocycles. The first-order chi connectivity index (χ1) is 6.92. The Balaban J connectivity index is 2.17. The number of thioether (sulfide) groups is 1. The second-order valence-electron chi connectivity index (χ2n) is 2.95. The van der Waals surface area contributed by atoms with Gasteiger partial charge in [0.15, 0.2) is 0 Å². The molecule has 3 heteroatoms. The van der Waals surface area contributed by atoms with E-state index in [0.29, 0.717) is 0 Å². The molecule has 0 bridgehead atoms. The Kier molecular flexibility index (Phi) is 3.11. The van der Waals surface area contributed by atoms with Crippen molar-refractivity contribution in [2.24, 2.45) is 0 Å². The van der Waals surface area contributed by atoms with E-state index >= 15 is 0 Å². The topological polar surface area (TPSA) is 25.0 Å². The zero-order valence-corrected chi connectivity index (χ0v) is 8.93. The van der Waals surface area contributed by atoms with Gasteiger partial charge in [0.25, 0.3) is 0 Å². The number of aromatic amines is 1. The zero-order chi connectivity index (χ0) is 9.80. The van der Waals surface area contributed by atoms with Crippen LogP contribution in [-0.2, 0) is 4.74 Å². The lowest BCUT2D eigenvalue weighted by molar-refractivity contribution is 0.199. The Bertz CT molecular complexity index is 410. The molecule has 1 aromatic heterocycles. The molecule has 14 heavy (non-hydrogen) atoms. The molecule has 0 spiro atoms. The summed E-state index contributed by atoms with van der Waals surface area (Å²) in [4.78, 5) is 4.50. The van der Waals surface area contributed by atoms with Gasteiger partial charge in [-0.2, -0.15) is 0 Å². The fourth-order valence-corrected chi connectivity index (χ4v) is 2.21. The Morgan fingerprint density at radius 3 is 3.07 bits per heavy atom. The van der Waals surface area contributed by atoms with E-state index < -0.39 is 0 Å². The molecule has 2 nitrogen and oxygen atoms in total. The molecule has 0 aliphatic rings. The van der Waals surface area contributed by atoms with Crippen LogP contribution >= 0.6 is 11.8 Å². The third-order valence-corrected chi connectivity index (χ3v) is 2.99. The summed E-state index contributed by atoms with van der Waals surface area (Å²) < 4.78 is 5.30. The summed E-state index contributed by atoms with van der Waals surface area (Å²) in [5.74, 6) is 0.721. The minimum Gasteiger partial charge on any atom is -0.371 e. The first-order valence-corrected chi connectivity index (χ1v) is 5.67. The minimum atomic E-state index is 0.721. The van der Waals surface area contributed by atoms with Crippen molar-refractivity contribution in [1.29, 1.82) is 0 Å². The van der Waals surface area contributed by atoms with Crippen molar-refractivity contribution in [2.45, 2.75) is 11.8 Å². The maximum Gasteiger partial charge on any atom is 0.0967 e. The van der Waals surface area contributed by atoms with Gasteiger partial charge in [-0.1, -0.05) is 30.0 Å². The highest BCUT2D eigenvalue weighted by atomic mass is 32.2. The van der Waals surface area contributed by atoms with Crippen LogP contribution in [-0.4, -0.2) is 17.5 Å². The van der Waals surface area contributed by atoms with E-state index in [1.165, 1.54) is 15.8 Å². The molecule has 2 rings (SSSR count). The average Bonchev–Trinajstić information content (AvgIpc) is 2.63. The van der Waals surface area contributed by atoms with Crippen molar-refractivity contribution in [3.05, 3.63) is 30.5 Å². The third kappa shape index (κ3) is 1.94. The molecule has 0 saturated heterocycles. The van der Waals surface area contributed by atoms with Gasteiger partial charge in [0.2, 0.25) is 0 Å². The van der Waals surface area contributed by atoms with Gasteiger partial charge in [-0.05, 0) is 13.0 Å². The molecule has 0 amide bonds. The van der Waals surface area contributed by atoms with Crippen LogP contribution in [0, 0.1) is 0 Å². The fraction of sp³-hybridized carbons (Fsp3) is 0.273. The van der Waals surface area contributed by atoms with Crippen LogP contribution < -0.4 is 0 Å². The standard InChI is InChI=1S/C11H13NOS/c1-2-13-8-14-11-7-12-10-6-4-3-5-9(10)11/h3-7,12H,2,8H2,1H3. The Morgan fingerprint density at radius 2 is 2.21 bits per heavy atom. The molecule has 0 aliphatic carbocycles. The van der Waals surface area contributed by atoms with E-state index in [1.807, 2.05) is 19.2 Å². The number of hydrogen-bond donors (Lipinski definition) is 1. The molecule has 0 saturated carbocycles. The average molecular weight is 207 g/mol. The lowest BCUT2D eigenvalue weighted by Crippen LogP contribution is -1.86. The lowest BCUT2D eigenvalue weighted by atomic mass is 10.2. The van der Waals surface area contributed by atoms with Crippen molar-refractivity contribution in [3.8, 4) is 0 Å². The molecule has 0 unspecified atom stereocenters. The normalized spacial score (nSPS) is 10.9. The second-order valence-corrected chi connectivity index (χ2v) is 3.92. The number of ether oxygens (including phenoxy) is 1. The third-order valence-electron chi connectivity index (χ3n) is 2.05. The van der Waals surface area contributed by atoms with E-state index in [9.17, 15) is 0 Å². The number of para-hydroxylation sites is 1. The number of aromatic nitrogens is 1. The maximum atomic E-state index is 5.30. The number of rotatable bonds is 4. The first kappa shape index (κ1) is 9.62. The number of hydrogen-bond acceptors (Lipinski definition) is 2. The predicted molar refractivity (Wildman–Crippen MR) is 60.6 cm³/mol. The minimum absolute atomic E-state index is 0.721. The van der Waals surface area contributed by atoms with E-state index in [-0.39, 0.29) is 0 Å². The van der Waals surface area contributed by atoms with Crippen LogP contribution in [0.1, 0.15) is 6.92 Å². The first-order valence-electron chi connectivity index (χ1n) is 4.68. The van der Waals surface area contributed by atoms with E-state index in [0.717, 1.165) is 12.5 Å². The molecule has 0 radical (unpaired) electrons. The van der Waals surface area contributed by atoms with Gasteiger partial charge in [0, 0.05) is 28.6 Å². The van der Waals surface area contributed by atoms with Gasteiger partial charge in [-0.3, -0.25) is 0 Å². The number of H-pyrrole nitrogens is 1. The molecule has 0 fully saturated rings.